The van der Waals surface area contributed by atoms with Gasteiger partial charge in [-0.1, -0.05) is 0 Å². The number of imidazole rings is 1. The van der Waals surface area contributed by atoms with Gasteiger partial charge in [0.15, 0.2) is 11.9 Å². The van der Waals surface area contributed by atoms with Crippen LogP contribution in [0.1, 0.15) is 25.3 Å². The molecular weight excluding hydrogens is 276 g/mol. The van der Waals surface area contributed by atoms with E-state index in [1.807, 2.05) is 6.92 Å². The van der Waals surface area contributed by atoms with Crippen molar-refractivity contribution in [3.8, 4) is 0 Å². The summed E-state index contributed by atoms with van der Waals surface area (Å²) in [5, 5.41) is 9.27. The minimum atomic E-state index is -0.551. The SMILES string of the molecule is CC(=O)O[C@@H]1C[C@@H](CO)O[C@H]1n1cnc2c(C)ncnc21. The lowest BCUT2D eigenvalue weighted by atomic mass is 10.2. The third kappa shape index (κ3) is 2.47. The Labute approximate surface area is 120 Å². The van der Waals surface area contributed by atoms with Crippen molar-refractivity contribution in [2.45, 2.75) is 38.7 Å². The van der Waals surface area contributed by atoms with Gasteiger partial charge in [-0.05, 0) is 6.92 Å². The predicted molar refractivity (Wildman–Crippen MR) is 71.2 cm³/mol. The normalized spacial score (nSPS) is 25.4. The Bertz CT molecular complexity index is 671. The largest absolute Gasteiger partial charge is 0.458 e. The topological polar surface area (TPSA) is 99.4 Å². The molecule has 3 atom stereocenters. The molecule has 3 heterocycles. The molecule has 112 valence electrons. The molecule has 2 aromatic rings. The van der Waals surface area contributed by atoms with Gasteiger partial charge < -0.3 is 14.6 Å². The van der Waals surface area contributed by atoms with Gasteiger partial charge in [-0.25, -0.2) is 15.0 Å². The van der Waals surface area contributed by atoms with Crippen LogP contribution in [0.4, 0.5) is 0 Å². The highest BCUT2D eigenvalue weighted by atomic mass is 16.6. The van der Waals surface area contributed by atoms with Gasteiger partial charge in [-0.15, -0.1) is 0 Å². The van der Waals surface area contributed by atoms with Gasteiger partial charge in [0.2, 0.25) is 0 Å². The van der Waals surface area contributed by atoms with Crippen molar-refractivity contribution in [2.75, 3.05) is 6.61 Å². The lowest BCUT2D eigenvalue weighted by Gasteiger charge is -2.19. The van der Waals surface area contributed by atoms with Crippen LogP contribution < -0.4 is 0 Å². The number of ether oxygens (including phenoxy) is 2. The number of aliphatic hydroxyl groups is 1. The zero-order chi connectivity index (χ0) is 15.0. The standard InChI is InChI=1S/C13H16N4O4/c1-7-11-12(15-5-14-7)17(6-16-11)13-10(20-8(2)19)3-9(4-18)21-13/h5-6,9-10,13,18H,3-4H2,1-2H3/t9-,10+,13+/m0/s1. The molecule has 0 spiro atoms. The van der Waals surface area contributed by atoms with E-state index in [0.717, 1.165) is 5.69 Å². The number of aromatic nitrogens is 4. The fourth-order valence-corrected chi connectivity index (χ4v) is 2.55. The minimum Gasteiger partial charge on any atom is -0.458 e. The number of hydrogen-bond acceptors (Lipinski definition) is 7. The summed E-state index contributed by atoms with van der Waals surface area (Å²) >= 11 is 0. The fourth-order valence-electron chi connectivity index (χ4n) is 2.55. The highest BCUT2D eigenvalue weighted by Crippen LogP contribution is 2.33. The average Bonchev–Trinajstić information content (AvgIpc) is 3.02. The molecule has 2 aromatic heterocycles. The van der Waals surface area contributed by atoms with Crippen LogP contribution in [-0.4, -0.2) is 49.4 Å². The Kier molecular flexibility index (Phi) is 3.56. The smallest absolute Gasteiger partial charge is 0.303 e. The molecule has 1 N–H and O–H groups in total. The summed E-state index contributed by atoms with van der Waals surface area (Å²) in [5.74, 6) is -0.387. The van der Waals surface area contributed by atoms with Crippen LogP contribution in [0.25, 0.3) is 11.2 Å². The number of aliphatic hydroxyl groups excluding tert-OH is 1. The fraction of sp³-hybridized carbons (Fsp3) is 0.538. The third-order valence-corrected chi connectivity index (χ3v) is 3.48. The van der Waals surface area contributed by atoms with Gasteiger partial charge >= 0.3 is 5.97 Å². The summed E-state index contributed by atoms with van der Waals surface area (Å²) in [6, 6.07) is 0. The zero-order valence-electron chi connectivity index (χ0n) is 11.8. The Morgan fingerprint density at radius 2 is 2.33 bits per heavy atom. The molecule has 0 radical (unpaired) electrons. The summed E-state index contributed by atoms with van der Waals surface area (Å²) in [5.41, 5.74) is 2.05. The van der Waals surface area contributed by atoms with E-state index in [0.29, 0.717) is 17.6 Å². The summed E-state index contributed by atoms with van der Waals surface area (Å²) in [4.78, 5) is 23.8. The average molecular weight is 292 g/mol. The molecule has 0 aliphatic carbocycles. The molecule has 0 aromatic carbocycles. The van der Waals surface area contributed by atoms with Crippen LogP contribution in [0.5, 0.6) is 0 Å². The van der Waals surface area contributed by atoms with Gasteiger partial charge in [0, 0.05) is 13.3 Å². The molecule has 1 aliphatic heterocycles. The van der Waals surface area contributed by atoms with Crippen molar-refractivity contribution in [2.24, 2.45) is 0 Å². The van der Waals surface area contributed by atoms with E-state index in [1.165, 1.54) is 13.3 Å². The monoisotopic (exact) mass is 292 g/mol. The summed E-state index contributed by atoms with van der Waals surface area (Å²) in [7, 11) is 0. The van der Waals surface area contributed by atoms with Crippen molar-refractivity contribution in [1.29, 1.82) is 0 Å². The van der Waals surface area contributed by atoms with Crippen LogP contribution in [0.2, 0.25) is 0 Å². The second-order valence-corrected chi connectivity index (χ2v) is 5.00. The third-order valence-electron chi connectivity index (χ3n) is 3.48. The van der Waals surface area contributed by atoms with E-state index in [9.17, 15) is 9.90 Å². The quantitative estimate of drug-likeness (QED) is 0.814. The molecule has 0 unspecified atom stereocenters. The summed E-state index contributed by atoms with van der Waals surface area (Å²) in [6.07, 6.45) is 2.07. The number of fused-ring (bicyclic) bond motifs is 1. The summed E-state index contributed by atoms with van der Waals surface area (Å²) in [6.45, 7) is 3.06. The number of carbonyl (C=O) groups excluding carboxylic acids is 1. The zero-order valence-corrected chi connectivity index (χ0v) is 11.8. The number of aryl methyl sites for hydroxylation is 1. The van der Waals surface area contributed by atoms with E-state index >= 15 is 0 Å². The van der Waals surface area contributed by atoms with Crippen molar-refractivity contribution in [1.82, 2.24) is 19.5 Å². The maximum absolute atomic E-state index is 11.2. The van der Waals surface area contributed by atoms with Crippen LogP contribution in [0.15, 0.2) is 12.7 Å². The Balaban J connectivity index is 1.99. The first-order valence-corrected chi connectivity index (χ1v) is 6.68. The van der Waals surface area contributed by atoms with Crippen LogP contribution in [-0.2, 0) is 14.3 Å². The van der Waals surface area contributed by atoms with Gasteiger partial charge in [-0.2, -0.15) is 0 Å². The second kappa shape index (κ2) is 5.38. The molecule has 0 bridgehead atoms. The Hall–Kier alpha value is -2.06. The maximum Gasteiger partial charge on any atom is 0.303 e. The molecule has 1 aliphatic rings. The van der Waals surface area contributed by atoms with Gasteiger partial charge in [0.25, 0.3) is 0 Å². The van der Waals surface area contributed by atoms with E-state index in [2.05, 4.69) is 15.0 Å². The first-order chi connectivity index (χ1) is 10.1. The van der Waals surface area contributed by atoms with Gasteiger partial charge in [0.05, 0.1) is 24.7 Å². The molecule has 0 amide bonds. The van der Waals surface area contributed by atoms with E-state index in [4.69, 9.17) is 9.47 Å². The molecule has 0 saturated carbocycles. The second-order valence-electron chi connectivity index (χ2n) is 5.00. The van der Waals surface area contributed by atoms with Crippen molar-refractivity contribution in [3.05, 3.63) is 18.3 Å². The number of nitrogens with zero attached hydrogens (tertiary/aromatic N) is 4. The van der Waals surface area contributed by atoms with Crippen molar-refractivity contribution >= 4 is 17.1 Å². The van der Waals surface area contributed by atoms with Crippen LogP contribution in [0, 0.1) is 6.92 Å². The van der Waals surface area contributed by atoms with Gasteiger partial charge in [-0.3, -0.25) is 9.36 Å². The molecule has 1 saturated heterocycles. The lowest BCUT2D eigenvalue weighted by Crippen LogP contribution is -2.24. The minimum absolute atomic E-state index is 0.130. The molecule has 3 rings (SSSR count). The highest BCUT2D eigenvalue weighted by molar-refractivity contribution is 5.72. The molecule has 21 heavy (non-hydrogen) atoms. The van der Waals surface area contributed by atoms with Crippen LogP contribution in [0.3, 0.4) is 0 Å². The van der Waals surface area contributed by atoms with E-state index in [1.54, 1.807) is 10.9 Å². The van der Waals surface area contributed by atoms with E-state index < -0.39 is 12.3 Å². The molecule has 8 nitrogen and oxygen atoms in total. The maximum atomic E-state index is 11.2. The summed E-state index contributed by atoms with van der Waals surface area (Å²) < 4.78 is 12.8. The lowest BCUT2D eigenvalue weighted by molar-refractivity contribution is -0.152. The molecular formula is C13H16N4O4. The number of hydrogen-bond donors (Lipinski definition) is 1. The first-order valence-electron chi connectivity index (χ1n) is 6.68. The number of esters is 1. The van der Waals surface area contributed by atoms with Crippen molar-refractivity contribution < 1.29 is 19.4 Å². The molecule has 1 fully saturated rings. The Morgan fingerprint density at radius 1 is 1.52 bits per heavy atom. The van der Waals surface area contributed by atoms with Crippen molar-refractivity contribution in [3.63, 3.8) is 0 Å². The predicted octanol–water partition coefficient (Wildman–Crippen LogP) is 0.346. The number of rotatable bonds is 3. The molecule has 8 heteroatoms. The highest BCUT2D eigenvalue weighted by Gasteiger charge is 2.39. The Morgan fingerprint density at radius 3 is 3.05 bits per heavy atom. The van der Waals surface area contributed by atoms with Gasteiger partial charge in [0.1, 0.15) is 17.9 Å². The first kappa shape index (κ1) is 13.9. The van der Waals surface area contributed by atoms with E-state index in [-0.39, 0.29) is 18.7 Å². The van der Waals surface area contributed by atoms with Crippen LogP contribution >= 0.6 is 0 Å². The number of carbonyl (C=O) groups is 1.